The largest absolute Gasteiger partial charge is 0.370 e. The van der Waals surface area contributed by atoms with E-state index in [0.717, 1.165) is 36.8 Å². The molecule has 0 saturated heterocycles. The summed E-state index contributed by atoms with van der Waals surface area (Å²) in [6, 6.07) is 0. The van der Waals surface area contributed by atoms with Gasteiger partial charge in [-0.25, -0.2) is 9.97 Å². The molecule has 18 heavy (non-hydrogen) atoms. The van der Waals surface area contributed by atoms with Crippen molar-refractivity contribution >= 4 is 17.6 Å². The van der Waals surface area contributed by atoms with Crippen molar-refractivity contribution in [2.75, 3.05) is 11.9 Å². The molecule has 0 saturated carbocycles. The first-order valence-electron chi connectivity index (χ1n) is 6.76. The van der Waals surface area contributed by atoms with E-state index in [4.69, 9.17) is 9.97 Å². The smallest absolute Gasteiger partial charge is 0.140 e. The number of aryl methyl sites for hydroxylation is 1. The zero-order valence-corrected chi connectivity index (χ0v) is 12.7. The monoisotopic (exact) mass is 265 g/mol. The minimum atomic E-state index is 0.265. The van der Waals surface area contributed by atoms with Crippen LogP contribution in [0.25, 0.3) is 0 Å². The third kappa shape index (κ3) is 3.37. The van der Waals surface area contributed by atoms with Gasteiger partial charge in [-0.05, 0) is 26.2 Å². The highest BCUT2D eigenvalue weighted by Gasteiger charge is 2.20. The third-order valence-electron chi connectivity index (χ3n) is 2.96. The molecule has 0 radical (unpaired) electrons. The number of rotatable bonds is 4. The second kappa shape index (κ2) is 5.47. The zero-order valence-electron chi connectivity index (χ0n) is 11.8. The lowest BCUT2D eigenvalue weighted by Crippen LogP contribution is -2.11. The molecule has 100 valence electrons. The van der Waals surface area contributed by atoms with E-state index < -0.39 is 0 Å². The maximum Gasteiger partial charge on any atom is 0.140 e. The fraction of sp³-hybridized carbons (Fsp3) is 0.714. The van der Waals surface area contributed by atoms with Gasteiger partial charge in [0.2, 0.25) is 0 Å². The van der Waals surface area contributed by atoms with Crippen LogP contribution in [0, 0.1) is 0 Å². The first kappa shape index (κ1) is 13.7. The van der Waals surface area contributed by atoms with Crippen LogP contribution in [0.1, 0.15) is 51.2 Å². The zero-order chi connectivity index (χ0) is 13.2. The SMILES string of the molecule is CCNc1nc(CSC(C)(C)C)nc2c1CCC2. The van der Waals surface area contributed by atoms with Gasteiger partial charge in [0.25, 0.3) is 0 Å². The van der Waals surface area contributed by atoms with Crippen LogP contribution in [-0.2, 0) is 18.6 Å². The quantitative estimate of drug-likeness (QED) is 0.905. The van der Waals surface area contributed by atoms with E-state index in [2.05, 4.69) is 33.0 Å². The topological polar surface area (TPSA) is 37.8 Å². The van der Waals surface area contributed by atoms with Gasteiger partial charge in [0, 0.05) is 22.5 Å². The lowest BCUT2D eigenvalue weighted by molar-refractivity contribution is 0.799. The number of nitrogens with one attached hydrogen (secondary N) is 1. The van der Waals surface area contributed by atoms with Crippen molar-refractivity contribution in [1.82, 2.24) is 9.97 Å². The molecule has 0 atom stereocenters. The molecule has 0 fully saturated rings. The molecule has 1 aliphatic carbocycles. The Labute approximate surface area is 114 Å². The summed E-state index contributed by atoms with van der Waals surface area (Å²) in [4.78, 5) is 9.42. The summed E-state index contributed by atoms with van der Waals surface area (Å²) < 4.78 is 0.265. The number of anilines is 1. The van der Waals surface area contributed by atoms with Crippen LogP contribution >= 0.6 is 11.8 Å². The molecule has 0 aliphatic heterocycles. The summed E-state index contributed by atoms with van der Waals surface area (Å²) in [5.41, 5.74) is 2.62. The summed E-state index contributed by atoms with van der Waals surface area (Å²) in [6.07, 6.45) is 3.46. The molecule has 1 aromatic rings. The average Bonchev–Trinajstić information content (AvgIpc) is 2.74. The number of nitrogens with zero attached hydrogens (tertiary/aromatic N) is 2. The average molecular weight is 265 g/mol. The van der Waals surface area contributed by atoms with Crippen LogP contribution in [0.5, 0.6) is 0 Å². The minimum absolute atomic E-state index is 0.265. The minimum Gasteiger partial charge on any atom is -0.370 e. The summed E-state index contributed by atoms with van der Waals surface area (Å²) in [5, 5.41) is 3.39. The highest BCUT2D eigenvalue weighted by atomic mass is 32.2. The van der Waals surface area contributed by atoms with Gasteiger partial charge in [0.05, 0.1) is 5.75 Å². The van der Waals surface area contributed by atoms with Gasteiger partial charge in [0.1, 0.15) is 11.6 Å². The van der Waals surface area contributed by atoms with Crippen LogP contribution in [0.15, 0.2) is 0 Å². The Morgan fingerprint density at radius 2 is 2.00 bits per heavy atom. The number of thioether (sulfide) groups is 1. The molecule has 1 heterocycles. The Morgan fingerprint density at radius 3 is 2.67 bits per heavy atom. The fourth-order valence-electron chi connectivity index (χ4n) is 2.14. The Bertz CT molecular complexity index is 424. The van der Waals surface area contributed by atoms with Gasteiger partial charge >= 0.3 is 0 Å². The van der Waals surface area contributed by atoms with Crippen molar-refractivity contribution in [2.45, 2.75) is 57.5 Å². The Kier molecular flexibility index (Phi) is 4.15. The molecule has 0 bridgehead atoms. The molecule has 3 nitrogen and oxygen atoms in total. The van der Waals surface area contributed by atoms with E-state index in [1.807, 2.05) is 11.8 Å². The van der Waals surface area contributed by atoms with E-state index in [0.29, 0.717) is 0 Å². The van der Waals surface area contributed by atoms with Crippen LogP contribution in [0.2, 0.25) is 0 Å². The summed E-state index contributed by atoms with van der Waals surface area (Å²) >= 11 is 1.91. The molecule has 0 spiro atoms. The molecule has 0 unspecified atom stereocenters. The highest BCUT2D eigenvalue weighted by molar-refractivity contribution is 7.99. The highest BCUT2D eigenvalue weighted by Crippen LogP contribution is 2.30. The number of hydrogen-bond donors (Lipinski definition) is 1. The first-order chi connectivity index (χ1) is 8.49. The lowest BCUT2D eigenvalue weighted by Gasteiger charge is -2.17. The molecular weight excluding hydrogens is 242 g/mol. The molecule has 4 heteroatoms. The molecule has 0 amide bonds. The second-order valence-electron chi connectivity index (χ2n) is 5.70. The molecular formula is C14H23N3S. The number of fused-ring (bicyclic) bond motifs is 1. The number of hydrogen-bond acceptors (Lipinski definition) is 4. The lowest BCUT2D eigenvalue weighted by atomic mass is 10.2. The summed E-state index contributed by atoms with van der Waals surface area (Å²) in [5.74, 6) is 2.95. The van der Waals surface area contributed by atoms with E-state index in [1.165, 1.54) is 17.7 Å². The van der Waals surface area contributed by atoms with Gasteiger partial charge in [-0.2, -0.15) is 0 Å². The van der Waals surface area contributed by atoms with Crippen molar-refractivity contribution in [2.24, 2.45) is 0 Å². The standard InChI is InChI=1S/C14H23N3S/c1-5-15-13-10-7-6-8-11(10)16-12(17-13)9-18-14(2,3)4/h5-9H2,1-4H3,(H,15,16,17). The van der Waals surface area contributed by atoms with Crippen molar-refractivity contribution in [3.8, 4) is 0 Å². The van der Waals surface area contributed by atoms with Crippen LogP contribution in [0.3, 0.4) is 0 Å². The summed E-state index contributed by atoms with van der Waals surface area (Å²) in [6.45, 7) is 9.74. The summed E-state index contributed by atoms with van der Waals surface area (Å²) in [7, 11) is 0. The van der Waals surface area contributed by atoms with Gasteiger partial charge in [-0.15, -0.1) is 11.8 Å². The molecule has 2 rings (SSSR count). The molecule has 1 aromatic heterocycles. The number of aromatic nitrogens is 2. The van der Waals surface area contributed by atoms with E-state index in [9.17, 15) is 0 Å². The Morgan fingerprint density at radius 1 is 1.22 bits per heavy atom. The molecule has 0 aromatic carbocycles. The van der Waals surface area contributed by atoms with Gasteiger partial charge < -0.3 is 5.32 Å². The van der Waals surface area contributed by atoms with Gasteiger partial charge in [-0.3, -0.25) is 0 Å². The molecule has 1 N–H and O–H groups in total. The Balaban J connectivity index is 2.19. The van der Waals surface area contributed by atoms with Crippen molar-refractivity contribution < 1.29 is 0 Å². The van der Waals surface area contributed by atoms with Crippen molar-refractivity contribution in [1.29, 1.82) is 0 Å². The van der Waals surface area contributed by atoms with Crippen molar-refractivity contribution in [3.05, 3.63) is 17.1 Å². The van der Waals surface area contributed by atoms with E-state index >= 15 is 0 Å². The maximum absolute atomic E-state index is 4.73. The fourth-order valence-corrected chi connectivity index (χ4v) is 2.83. The van der Waals surface area contributed by atoms with Crippen LogP contribution in [-0.4, -0.2) is 21.3 Å². The van der Waals surface area contributed by atoms with E-state index in [-0.39, 0.29) is 4.75 Å². The first-order valence-corrected chi connectivity index (χ1v) is 7.74. The Hall–Kier alpha value is -0.770. The van der Waals surface area contributed by atoms with Crippen LogP contribution in [0.4, 0.5) is 5.82 Å². The van der Waals surface area contributed by atoms with Crippen molar-refractivity contribution in [3.63, 3.8) is 0 Å². The third-order valence-corrected chi connectivity index (χ3v) is 4.23. The maximum atomic E-state index is 4.73. The second-order valence-corrected chi connectivity index (χ2v) is 7.50. The predicted octanol–water partition coefficient (Wildman–Crippen LogP) is 3.43. The van der Waals surface area contributed by atoms with Crippen LogP contribution < -0.4 is 5.32 Å². The van der Waals surface area contributed by atoms with Gasteiger partial charge in [0.15, 0.2) is 0 Å². The molecule has 1 aliphatic rings. The normalized spacial score (nSPS) is 14.7. The van der Waals surface area contributed by atoms with Gasteiger partial charge in [-0.1, -0.05) is 20.8 Å². The van der Waals surface area contributed by atoms with E-state index in [1.54, 1.807) is 0 Å². The predicted molar refractivity (Wildman–Crippen MR) is 79.3 cm³/mol.